The predicted molar refractivity (Wildman–Crippen MR) is 89.2 cm³/mol. The number of hydrogen-bond acceptors (Lipinski definition) is 3. The zero-order chi connectivity index (χ0) is 16.2. The van der Waals surface area contributed by atoms with E-state index in [9.17, 15) is 13.2 Å². The van der Waals surface area contributed by atoms with Crippen LogP contribution in [0.2, 0.25) is 0 Å². The standard InChI is InChI=1S/C17H17NO3S/c1-13-3-5-15(6-4-13)11-12-22(20,21)18-17-9-7-16(8-10-17)14(2)19/h3-12,18H,1-2H3/b12-11+. The summed E-state index contributed by atoms with van der Waals surface area (Å²) in [6, 6.07) is 13.8. The molecule has 0 saturated heterocycles. The van der Waals surface area contributed by atoms with Gasteiger partial charge in [0.05, 0.1) is 5.41 Å². The molecule has 0 aliphatic carbocycles. The van der Waals surface area contributed by atoms with Crippen LogP contribution in [0.1, 0.15) is 28.4 Å². The maximum atomic E-state index is 12.0. The van der Waals surface area contributed by atoms with Gasteiger partial charge in [-0.25, -0.2) is 8.42 Å². The van der Waals surface area contributed by atoms with E-state index in [2.05, 4.69) is 4.72 Å². The Morgan fingerprint density at radius 1 is 1.00 bits per heavy atom. The molecule has 2 aromatic rings. The van der Waals surface area contributed by atoms with E-state index in [0.717, 1.165) is 16.5 Å². The highest BCUT2D eigenvalue weighted by Gasteiger charge is 2.06. The number of ketones is 1. The van der Waals surface area contributed by atoms with E-state index < -0.39 is 10.0 Å². The molecule has 0 heterocycles. The van der Waals surface area contributed by atoms with Gasteiger partial charge in [-0.2, -0.15) is 0 Å². The molecule has 0 aliphatic heterocycles. The first-order valence-corrected chi connectivity index (χ1v) is 8.29. The van der Waals surface area contributed by atoms with Gasteiger partial charge in [0, 0.05) is 11.3 Å². The third kappa shape index (κ3) is 4.56. The average molecular weight is 315 g/mol. The van der Waals surface area contributed by atoms with Crippen LogP contribution in [0.3, 0.4) is 0 Å². The van der Waals surface area contributed by atoms with Gasteiger partial charge < -0.3 is 0 Å². The van der Waals surface area contributed by atoms with Crippen molar-refractivity contribution in [1.29, 1.82) is 0 Å². The van der Waals surface area contributed by atoms with Gasteiger partial charge >= 0.3 is 0 Å². The molecule has 0 saturated carbocycles. The third-order valence-electron chi connectivity index (χ3n) is 3.07. The van der Waals surface area contributed by atoms with Gasteiger partial charge in [0.15, 0.2) is 5.78 Å². The highest BCUT2D eigenvalue weighted by atomic mass is 32.2. The molecule has 0 spiro atoms. The summed E-state index contributed by atoms with van der Waals surface area (Å²) in [4.78, 5) is 11.2. The zero-order valence-corrected chi connectivity index (χ0v) is 13.2. The zero-order valence-electron chi connectivity index (χ0n) is 12.4. The normalized spacial score (nSPS) is 11.5. The van der Waals surface area contributed by atoms with Gasteiger partial charge in [0.1, 0.15) is 0 Å². The molecule has 0 aliphatic rings. The molecular weight excluding hydrogens is 298 g/mol. The topological polar surface area (TPSA) is 63.2 Å². The van der Waals surface area contributed by atoms with Crippen molar-refractivity contribution in [3.8, 4) is 0 Å². The first-order valence-electron chi connectivity index (χ1n) is 6.74. The van der Waals surface area contributed by atoms with Crippen molar-refractivity contribution < 1.29 is 13.2 Å². The van der Waals surface area contributed by atoms with Crippen LogP contribution in [0.4, 0.5) is 5.69 Å². The second-order valence-electron chi connectivity index (χ2n) is 4.99. The fraction of sp³-hybridized carbons (Fsp3) is 0.118. The van der Waals surface area contributed by atoms with Crippen molar-refractivity contribution in [3.05, 3.63) is 70.6 Å². The van der Waals surface area contributed by atoms with Crippen molar-refractivity contribution in [2.45, 2.75) is 13.8 Å². The Kier molecular flexibility index (Phi) is 4.78. The monoisotopic (exact) mass is 315 g/mol. The molecule has 0 amide bonds. The summed E-state index contributed by atoms with van der Waals surface area (Å²) in [7, 11) is -3.59. The fourth-order valence-electron chi connectivity index (χ4n) is 1.82. The van der Waals surface area contributed by atoms with Crippen molar-refractivity contribution in [2.24, 2.45) is 0 Å². The summed E-state index contributed by atoms with van der Waals surface area (Å²) in [6.07, 6.45) is 1.53. The summed E-state index contributed by atoms with van der Waals surface area (Å²) in [6.45, 7) is 3.43. The lowest BCUT2D eigenvalue weighted by Crippen LogP contribution is -2.08. The van der Waals surface area contributed by atoms with E-state index in [1.54, 1.807) is 24.3 Å². The lowest BCUT2D eigenvalue weighted by Gasteiger charge is -2.05. The molecule has 0 radical (unpaired) electrons. The van der Waals surface area contributed by atoms with Crippen LogP contribution in [0.15, 0.2) is 53.9 Å². The molecule has 22 heavy (non-hydrogen) atoms. The van der Waals surface area contributed by atoms with E-state index in [1.165, 1.54) is 13.0 Å². The number of hydrogen-bond donors (Lipinski definition) is 1. The molecule has 0 fully saturated rings. The highest BCUT2D eigenvalue weighted by Crippen LogP contribution is 2.13. The molecule has 4 nitrogen and oxygen atoms in total. The molecule has 5 heteroatoms. The van der Waals surface area contributed by atoms with Crippen molar-refractivity contribution in [1.82, 2.24) is 0 Å². The lowest BCUT2D eigenvalue weighted by molar-refractivity contribution is 0.101. The van der Waals surface area contributed by atoms with E-state index in [0.29, 0.717) is 11.3 Å². The molecule has 0 aromatic heterocycles. The quantitative estimate of drug-likeness (QED) is 0.857. The summed E-state index contributed by atoms with van der Waals surface area (Å²) in [5.74, 6) is -0.0614. The number of benzene rings is 2. The number of anilines is 1. The van der Waals surface area contributed by atoms with Crippen LogP contribution in [-0.4, -0.2) is 14.2 Å². The van der Waals surface area contributed by atoms with Crippen LogP contribution in [0.25, 0.3) is 6.08 Å². The second-order valence-corrected chi connectivity index (χ2v) is 6.56. The van der Waals surface area contributed by atoms with Crippen LogP contribution in [0.5, 0.6) is 0 Å². The molecule has 0 bridgehead atoms. The summed E-state index contributed by atoms with van der Waals surface area (Å²) < 4.78 is 26.4. The Labute approximate surface area is 130 Å². The van der Waals surface area contributed by atoms with Gasteiger partial charge in [-0.05, 0) is 49.8 Å². The predicted octanol–water partition coefficient (Wildman–Crippen LogP) is 3.61. The molecule has 2 aromatic carbocycles. The average Bonchev–Trinajstić information content (AvgIpc) is 2.47. The fourth-order valence-corrected chi connectivity index (χ4v) is 2.69. The van der Waals surface area contributed by atoms with Crippen LogP contribution < -0.4 is 4.72 Å². The van der Waals surface area contributed by atoms with Crippen molar-refractivity contribution in [2.75, 3.05) is 4.72 Å². The molecule has 1 N–H and O–H groups in total. The Morgan fingerprint density at radius 2 is 1.59 bits per heavy atom. The van der Waals surface area contributed by atoms with E-state index in [-0.39, 0.29) is 5.78 Å². The minimum absolute atomic E-state index is 0.0614. The van der Waals surface area contributed by atoms with Crippen molar-refractivity contribution >= 4 is 27.6 Å². The Morgan fingerprint density at radius 3 is 2.14 bits per heavy atom. The maximum Gasteiger partial charge on any atom is 0.255 e. The van der Waals surface area contributed by atoms with Gasteiger partial charge in [-0.15, -0.1) is 0 Å². The van der Waals surface area contributed by atoms with Gasteiger partial charge in [-0.1, -0.05) is 29.8 Å². The van der Waals surface area contributed by atoms with Crippen LogP contribution in [0, 0.1) is 6.92 Å². The van der Waals surface area contributed by atoms with Crippen LogP contribution in [-0.2, 0) is 10.0 Å². The van der Waals surface area contributed by atoms with Gasteiger partial charge in [0.2, 0.25) is 0 Å². The number of aryl methyl sites for hydroxylation is 1. The Hall–Kier alpha value is -2.40. The van der Waals surface area contributed by atoms with Gasteiger partial charge in [-0.3, -0.25) is 9.52 Å². The number of nitrogens with one attached hydrogen (secondary N) is 1. The lowest BCUT2D eigenvalue weighted by atomic mass is 10.1. The van der Waals surface area contributed by atoms with E-state index >= 15 is 0 Å². The van der Waals surface area contributed by atoms with Gasteiger partial charge in [0.25, 0.3) is 10.0 Å². The molecular formula is C17H17NO3S. The molecule has 0 unspecified atom stereocenters. The number of sulfonamides is 1. The third-order valence-corrected chi connectivity index (χ3v) is 4.08. The van der Waals surface area contributed by atoms with E-state index in [4.69, 9.17) is 0 Å². The Balaban J connectivity index is 2.10. The molecule has 0 atom stereocenters. The maximum absolute atomic E-state index is 12.0. The second kappa shape index (κ2) is 6.58. The number of carbonyl (C=O) groups is 1. The minimum Gasteiger partial charge on any atom is -0.295 e. The summed E-state index contributed by atoms with van der Waals surface area (Å²) in [5, 5.41) is 1.12. The molecule has 2 rings (SSSR count). The number of rotatable bonds is 5. The highest BCUT2D eigenvalue weighted by molar-refractivity contribution is 7.95. The van der Waals surface area contributed by atoms with E-state index in [1.807, 2.05) is 31.2 Å². The van der Waals surface area contributed by atoms with Crippen LogP contribution >= 0.6 is 0 Å². The SMILES string of the molecule is CC(=O)c1ccc(NS(=O)(=O)/C=C/c2ccc(C)cc2)cc1. The largest absolute Gasteiger partial charge is 0.295 e. The molecule has 114 valence electrons. The Bertz CT molecular complexity index is 789. The first kappa shape index (κ1) is 16.0. The smallest absolute Gasteiger partial charge is 0.255 e. The minimum atomic E-state index is -3.59. The number of carbonyl (C=O) groups excluding carboxylic acids is 1. The summed E-state index contributed by atoms with van der Waals surface area (Å²) >= 11 is 0. The number of Topliss-reactive ketones (excluding diaryl/α,β-unsaturated/α-hetero) is 1. The first-order chi connectivity index (χ1) is 10.4. The summed E-state index contributed by atoms with van der Waals surface area (Å²) in [5.41, 5.74) is 2.88. The van der Waals surface area contributed by atoms with Crippen molar-refractivity contribution in [3.63, 3.8) is 0 Å².